The normalized spacial score (nSPS) is 17.4. The Bertz CT molecular complexity index is 6920. The smallest absolute Gasteiger partial charge is 0.338 e. The van der Waals surface area contributed by atoms with Gasteiger partial charge in [0.05, 0.1) is 67.1 Å². The van der Waals surface area contributed by atoms with Gasteiger partial charge in [0.15, 0.2) is 6.29 Å². The maximum absolute atomic E-state index is 12.9. The number of nitrogens with one attached hydrogen (secondary N) is 8. The number of anilines is 4. The number of ether oxygens (including phenoxy) is 3. The number of hydrazone groups is 1. The second-order valence-corrected chi connectivity index (χ2v) is 32.1. The van der Waals surface area contributed by atoms with E-state index < -0.39 is 17.9 Å². The van der Waals surface area contributed by atoms with Crippen molar-refractivity contribution in [1.29, 1.82) is 0 Å². The predicted octanol–water partition coefficient (Wildman–Crippen LogP) is 20.3. The first kappa shape index (κ1) is 83.9. The average molecular weight is 1700 g/mol. The largest absolute Gasteiger partial charge is 0.481 e. The number of aliphatic carboxylic acids is 1. The molecule has 4 aromatic heterocycles. The third kappa shape index (κ3) is 18.4. The van der Waals surface area contributed by atoms with E-state index in [9.17, 15) is 43.2 Å². The van der Waals surface area contributed by atoms with E-state index in [1.54, 1.807) is 36.5 Å². The van der Waals surface area contributed by atoms with Crippen molar-refractivity contribution in [3.05, 3.63) is 359 Å². The Labute approximate surface area is 735 Å². The third-order valence-electron chi connectivity index (χ3n) is 23.8. The molecule has 0 radical (unpaired) electrons. The molecule has 4 amide bonds. The number of carbonyl (C=O) groups excluding carboxylic acids is 8. The van der Waals surface area contributed by atoms with Crippen LogP contribution in [0.3, 0.4) is 0 Å². The zero-order valence-electron chi connectivity index (χ0n) is 69.8. The van der Waals surface area contributed by atoms with Crippen molar-refractivity contribution in [2.75, 3.05) is 43.0 Å². The summed E-state index contributed by atoms with van der Waals surface area (Å²) < 4.78 is 14.8. The molecule has 0 saturated heterocycles. The van der Waals surface area contributed by atoms with Gasteiger partial charge in [0.1, 0.15) is 0 Å². The highest BCUT2D eigenvalue weighted by atomic mass is 16.5. The van der Waals surface area contributed by atoms with Gasteiger partial charge in [0.2, 0.25) is 17.7 Å². The lowest BCUT2D eigenvalue weighted by atomic mass is 10.0. The number of hydrogen-bond acceptors (Lipinski definition) is 14. The molecule has 128 heavy (non-hydrogen) atoms. The van der Waals surface area contributed by atoms with Crippen molar-refractivity contribution in [2.45, 2.75) is 49.4 Å². The summed E-state index contributed by atoms with van der Waals surface area (Å²) in [7, 11) is 4.01. The minimum absolute atomic E-state index is 0.0225. The van der Waals surface area contributed by atoms with Gasteiger partial charge in [-0.25, -0.2) is 19.8 Å². The third-order valence-corrected chi connectivity index (χ3v) is 23.8. The van der Waals surface area contributed by atoms with Crippen LogP contribution < -0.4 is 27.1 Å². The first-order valence-corrected chi connectivity index (χ1v) is 42.0. The number of aromatic amines is 4. The SMILES string of the molecule is COC(=O)c1cc(N)cc2[nH]c(-c3ccccc3)cc12.COC(=O)c1cc(NC(=O)C2C[C@H]2c2ccccc2)cc2[nH]c(-c3ccccc3)c(C=O)c12.COC(=O)c1cc(NC(=O)C2C[C@H]2c2ccccc2)cc2[nH]c(-c3ccccc3)cc12.O=C(O)C1C[C@H]1c1ccccc1.O=C1NN=Cc2c(-c3ccccc3)[nH]c3cc(NC(=O)[C@@H]4C[C@H]4c4ccccc4)cc1c23. The molecule has 0 spiro atoms. The zero-order chi connectivity index (χ0) is 88.6. The maximum Gasteiger partial charge on any atom is 0.338 e. The van der Waals surface area contributed by atoms with Crippen LogP contribution in [-0.2, 0) is 33.4 Å². The molecule has 5 heterocycles. The van der Waals surface area contributed by atoms with E-state index in [0.717, 1.165) is 121 Å². The van der Waals surface area contributed by atoms with Crippen molar-refractivity contribution >= 4 is 126 Å². The molecule has 23 heteroatoms. The molecular formula is C105H88N10O13. The fourth-order valence-electron chi connectivity index (χ4n) is 17.0. The number of hydrogen-bond donors (Lipinski definition) is 10. The Hall–Kier alpha value is -16.3. The lowest BCUT2D eigenvalue weighted by Gasteiger charge is -2.09. The molecule has 1 aliphatic heterocycles. The van der Waals surface area contributed by atoms with Gasteiger partial charge in [-0.15, -0.1) is 0 Å². The summed E-state index contributed by atoms with van der Waals surface area (Å²) >= 11 is 0. The van der Waals surface area contributed by atoms with E-state index in [1.807, 2.05) is 249 Å². The van der Waals surface area contributed by atoms with Gasteiger partial charge in [-0.3, -0.25) is 28.8 Å². The number of carbonyl (C=O) groups is 9. The Morgan fingerprint density at radius 1 is 0.391 bits per heavy atom. The van der Waals surface area contributed by atoms with Gasteiger partial charge in [-0.1, -0.05) is 243 Å². The van der Waals surface area contributed by atoms with Crippen LogP contribution in [0.15, 0.2) is 308 Å². The number of esters is 3. The van der Waals surface area contributed by atoms with Crippen LogP contribution >= 0.6 is 0 Å². The molecule has 23 nitrogen and oxygen atoms in total. The number of aldehydes is 1. The Kier molecular flexibility index (Phi) is 24.3. The molecule has 8 atom stereocenters. The molecular weight excluding hydrogens is 1610 g/mol. The number of carboxylic acid groups (broad SMARTS) is 1. The highest BCUT2D eigenvalue weighted by molar-refractivity contribution is 6.19. The molecule has 4 fully saturated rings. The number of H-pyrrole nitrogens is 4. The average Bonchev–Trinajstić information content (AvgIpc) is 1.60. The van der Waals surface area contributed by atoms with Crippen molar-refractivity contribution in [1.82, 2.24) is 25.4 Å². The number of rotatable bonds is 19. The topological polar surface area (TPSA) is 351 Å². The summed E-state index contributed by atoms with van der Waals surface area (Å²) in [6.07, 6.45) is 5.67. The molecule has 12 aromatic carbocycles. The summed E-state index contributed by atoms with van der Waals surface area (Å²) in [4.78, 5) is 124. The van der Waals surface area contributed by atoms with E-state index in [0.29, 0.717) is 61.6 Å². The Balaban J connectivity index is 0.000000116. The van der Waals surface area contributed by atoms with Gasteiger partial charge < -0.3 is 60.9 Å². The summed E-state index contributed by atoms with van der Waals surface area (Å²) in [5, 5.41) is 24.6. The minimum Gasteiger partial charge on any atom is -0.481 e. The van der Waals surface area contributed by atoms with E-state index in [-0.39, 0.29) is 82.5 Å². The standard InChI is InChI=1S/C27H22N2O4.C26H20N4O2.C26H22N2O3.C16H14N2O2.C10H10O2/c1-33-27(32)21-12-18(28-26(31)20-14-19(20)16-8-4-2-5-9-16)13-23-24(21)22(15-30)25(29-23)17-10-6-3-7-11-17;31-25(19-13-18(19)15-7-3-1-4-8-15)28-17-11-20-23-21(14-27-30-26(20)32)24(29-22(23)12-17)16-9-5-2-6-10-16;1-31-26(30)22-12-18(27-25(29)21-14-19(21)16-8-4-2-5-9-16)13-24-20(22)15-23(28-24)17-10-6-3-7-11-17;1-20-16(19)13-7-11(17)8-15-12(13)9-14(18-15)10-5-3-2-4-6-10;11-10(12)9-6-8(9)7-4-2-1-3-5-7/h2-13,15,19-20,29H,14H2,1H3,(H,28,31);1-12,14,18-19,29H,13H2,(H,28,31)(H,30,32);2-13,15,19,21,28H,14H2,1H3,(H,27,29);2-9,18H,17H2,1H3;1-5,8-9H,6H2,(H,11,12)/t19-,20?;18-,19+;19-,21?;;8-,9?/m000.0/s1. The zero-order valence-corrected chi connectivity index (χ0v) is 69.8. The van der Waals surface area contributed by atoms with Crippen molar-refractivity contribution in [3.63, 3.8) is 0 Å². The summed E-state index contributed by atoms with van der Waals surface area (Å²) in [5.41, 5.74) is 28.3. The van der Waals surface area contributed by atoms with E-state index >= 15 is 0 Å². The van der Waals surface area contributed by atoms with Crippen LogP contribution in [0.4, 0.5) is 22.7 Å². The molecule has 21 rings (SSSR count). The fraction of sp³-hybridized carbons (Fsp3) is 0.143. The quantitative estimate of drug-likeness (QED) is 0.0156. The highest BCUT2D eigenvalue weighted by Gasteiger charge is 2.47. The second-order valence-electron chi connectivity index (χ2n) is 32.1. The van der Waals surface area contributed by atoms with Crippen LogP contribution in [0.1, 0.15) is 129 Å². The molecule has 11 N–H and O–H groups in total. The molecule has 4 aliphatic carbocycles. The van der Waals surface area contributed by atoms with Crippen LogP contribution in [0, 0.1) is 23.7 Å². The monoisotopic (exact) mass is 1700 g/mol. The summed E-state index contributed by atoms with van der Waals surface area (Å²) in [6.45, 7) is 0. The number of nitrogen functional groups attached to an aromatic ring is 1. The van der Waals surface area contributed by atoms with E-state index in [2.05, 4.69) is 70.7 Å². The molecule has 0 bridgehead atoms. The maximum atomic E-state index is 12.9. The molecule has 636 valence electrons. The Morgan fingerprint density at radius 2 is 0.734 bits per heavy atom. The summed E-state index contributed by atoms with van der Waals surface area (Å²) in [5.74, 6) is -1.89. The van der Waals surface area contributed by atoms with E-state index in [1.165, 1.54) is 32.5 Å². The molecule has 16 aromatic rings. The van der Waals surface area contributed by atoms with Crippen LogP contribution in [0.5, 0.6) is 0 Å². The number of aromatic nitrogens is 4. The number of methoxy groups -OCH3 is 3. The van der Waals surface area contributed by atoms with Gasteiger partial charge in [0, 0.05) is 107 Å². The molecule has 5 aliphatic rings. The minimum atomic E-state index is -0.663. The number of fused-ring (bicyclic) bond motifs is 3. The van der Waals surface area contributed by atoms with Crippen molar-refractivity contribution in [3.8, 4) is 45.0 Å². The van der Waals surface area contributed by atoms with Crippen LogP contribution in [-0.4, -0.2) is 106 Å². The fourth-order valence-corrected chi connectivity index (χ4v) is 17.0. The van der Waals surface area contributed by atoms with Gasteiger partial charge >= 0.3 is 23.9 Å². The van der Waals surface area contributed by atoms with Crippen molar-refractivity contribution < 1.29 is 62.5 Å². The van der Waals surface area contributed by atoms with Crippen LogP contribution in [0.25, 0.3) is 88.6 Å². The van der Waals surface area contributed by atoms with Gasteiger partial charge in [-0.05, 0) is 155 Å². The summed E-state index contributed by atoms with van der Waals surface area (Å²) in [6, 6.07) is 96.9. The van der Waals surface area contributed by atoms with Crippen LogP contribution in [0.2, 0.25) is 0 Å². The van der Waals surface area contributed by atoms with Gasteiger partial charge in [0.25, 0.3) is 5.91 Å². The van der Waals surface area contributed by atoms with Crippen molar-refractivity contribution in [2.24, 2.45) is 28.8 Å². The predicted molar refractivity (Wildman–Crippen MR) is 497 cm³/mol. The number of carboxylic acids is 1. The number of benzene rings is 12. The van der Waals surface area contributed by atoms with Gasteiger partial charge in [-0.2, -0.15) is 5.10 Å². The van der Waals surface area contributed by atoms with E-state index in [4.69, 9.17) is 25.1 Å². The molecule has 4 saturated carbocycles. The molecule has 3 unspecified atom stereocenters. The second kappa shape index (κ2) is 37.0. The first-order chi connectivity index (χ1) is 62.4. The lowest BCUT2D eigenvalue weighted by Crippen LogP contribution is -2.18. The first-order valence-electron chi connectivity index (χ1n) is 42.0. The number of nitrogens with two attached hydrogens (primary N) is 1. The highest BCUT2D eigenvalue weighted by Crippen LogP contribution is 2.52. The number of amides is 4. The Morgan fingerprint density at radius 3 is 1.15 bits per heavy atom. The lowest BCUT2D eigenvalue weighted by molar-refractivity contribution is -0.138. The number of nitrogens with zero attached hydrogens (tertiary/aromatic N) is 1.